The third-order valence-electron chi connectivity index (χ3n) is 8.46. The number of rotatable bonds is 18. The second-order valence-electron chi connectivity index (χ2n) is 12.4. The van der Waals surface area contributed by atoms with Crippen LogP contribution in [0, 0.1) is 0 Å². The molecule has 0 spiro atoms. The molecule has 0 bridgehead atoms. The van der Waals surface area contributed by atoms with Crippen molar-refractivity contribution in [1.82, 2.24) is 25.6 Å². The highest BCUT2D eigenvalue weighted by Gasteiger charge is 2.45. The number of benzene rings is 3. The number of Topliss-reactive ketones (excluding diaryl/α,β-unsaturated/α-hetero) is 1. The number of hydrogen-bond donors (Lipinski definition) is 4. The fourth-order valence-electron chi connectivity index (χ4n) is 5.44. The zero-order valence-corrected chi connectivity index (χ0v) is 30.4. The summed E-state index contributed by atoms with van der Waals surface area (Å²) in [7, 11) is 2.66. The molecule has 0 aliphatic heterocycles. The van der Waals surface area contributed by atoms with Crippen molar-refractivity contribution in [3.63, 3.8) is 0 Å². The van der Waals surface area contributed by atoms with Gasteiger partial charge in [0.1, 0.15) is 11.8 Å². The van der Waals surface area contributed by atoms with Crippen LogP contribution in [0.3, 0.4) is 0 Å². The van der Waals surface area contributed by atoms with E-state index in [1.54, 1.807) is 36.4 Å². The lowest BCUT2D eigenvalue weighted by molar-refractivity contribution is -0.154. The van der Waals surface area contributed by atoms with E-state index in [1.807, 2.05) is 12.1 Å². The molecule has 0 unspecified atom stereocenters. The van der Waals surface area contributed by atoms with Gasteiger partial charge in [-0.2, -0.15) is 28.1 Å². The van der Waals surface area contributed by atoms with E-state index in [4.69, 9.17) is 25.8 Å². The van der Waals surface area contributed by atoms with E-state index in [0.717, 1.165) is 18.2 Å². The average molecular weight is 784 g/mol. The van der Waals surface area contributed by atoms with Gasteiger partial charge in [-0.05, 0) is 79.3 Å². The molecule has 1 aliphatic carbocycles. The standard InChI is InChI=1S/C37H37ClF3N7O7/c1-53-29-6-4-3-5-22(29)9-16-28(49)31(51)42-20-17-27(32(52)54-2)44-30(50)23-7-14-26(15-8-23)43-33-45-34(47-35(46-33)55-21-37(39,40)41)48-36(18-19-36)24-10-12-25(38)13-11-24/h3-8,10-15,27H,9,16-21H2,1-2H3,(H,42,51)(H,44,50)(H2,43,45,46,47,48)/t27-/m0/s1. The Kier molecular flexibility index (Phi) is 13.1. The molecule has 4 N–H and O–H groups in total. The van der Waals surface area contributed by atoms with E-state index >= 15 is 0 Å². The second kappa shape index (κ2) is 17.9. The van der Waals surface area contributed by atoms with Gasteiger partial charge in [-0.1, -0.05) is 41.9 Å². The van der Waals surface area contributed by atoms with E-state index in [-0.39, 0.29) is 36.8 Å². The summed E-state index contributed by atoms with van der Waals surface area (Å²) in [6, 6.07) is 18.4. The summed E-state index contributed by atoms with van der Waals surface area (Å²) < 4.78 is 53.8. The number of ether oxygens (including phenoxy) is 3. The first-order valence-electron chi connectivity index (χ1n) is 17.0. The van der Waals surface area contributed by atoms with Gasteiger partial charge in [0.05, 0.1) is 19.8 Å². The molecule has 1 saturated carbocycles. The van der Waals surface area contributed by atoms with E-state index in [1.165, 1.54) is 31.4 Å². The number of nitrogens with one attached hydrogen (secondary N) is 4. The smallest absolute Gasteiger partial charge is 0.422 e. The molecule has 1 aromatic heterocycles. The van der Waals surface area contributed by atoms with Gasteiger partial charge in [-0.3, -0.25) is 14.4 Å². The maximum Gasteiger partial charge on any atom is 0.422 e. The molecule has 1 fully saturated rings. The SMILES string of the molecule is COC(=O)[C@H](CCNC(=O)C(=O)CCc1ccccc1OC)NC(=O)c1ccc(Nc2nc(NC3(c4ccc(Cl)cc4)CC3)nc(OCC(F)(F)F)n2)cc1. The molecular weight excluding hydrogens is 747 g/mol. The van der Waals surface area contributed by atoms with Gasteiger partial charge in [0.15, 0.2) is 6.61 Å². The van der Waals surface area contributed by atoms with Crippen LogP contribution in [0.4, 0.5) is 30.8 Å². The normalized spacial score (nSPS) is 13.5. The molecule has 1 atom stereocenters. The first kappa shape index (κ1) is 40.2. The number of alkyl halides is 3. The minimum Gasteiger partial charge on any atom is -0.496 e. The molecule has 290 valence electrons. The minimum absolute atomic E-state index is 0.0274. The van der Waals surface area contributed by atoms with Crippen molar-refractivity contribution in [3.8, 4) is 11.8 Å². The van der Waals surface area contributed by atoms with E-state index < -0.39 is 53.9 Å². The van der Waals surface area contributed by atoms with Crippen molar-refractivity contribution in [2.24, 2.45) is 0 Å². The quantitative estimate of drug-likeness (QED) is 0.0756. The molecule has 14 nitrogen and oxygen atoms in total. The molecule has 0 saturated heterocycles. The Balaban J connectivity index is 1.19. The number of carbonyl (C=O) groups excluding carboxylic acids is 4. The fraction of sp³-hybridized carbons (Fsp3) is 0.324. The van der Waals surface area contributed by atoms with Crippen molar-refractivity contribution < 1.29 is 46.6 Å². The maximum absolute atomic E-state index is 13.1. The summed E-state index contributed by atoms with van der Waals surface area (Å²) in [6.07, 6.45) is -3.05. The molecule has 1 aliphatic rings. The molecule has 5 rings (SSSR count). The van der Waals surface area contributed by atoms with Crippen LogP contribution < -0.4 is 30.7 Å². The highest BCUT2D eigenvalue weighted by molar-refractivity contribution is 6.36. The number of amides is 2. The topological polar surface area (TPSA) is 183 Å². The van der Waals surface area contributed by atoms with Gasteiger partial charge in [0.2, 0.25) is 17.7 Å². The van der Waals surface area contributed by atoms with Crippen LogP contribution in [-0.4, -0.2) is 78.1 Å². The monoisotopic (exact) mass is 783 g/mol. The van der Waals surface area contributed by atoms with Crippen LogP contribution in [0.2, 0.25) is 5.02 Å². The number of para-hydroxylation sites is 1. The summed E-state index contributed by atoms with van der Waals surface area (Å²) in [5.74, 6) is -2.46. The van der Waals surface area contributed by atoms with Crippen molar-refractivity contribution in [2.75, 3.05) is 38.0 Å². The van der Waals surface area contributed by atoms with Crippen molar-refractivity contribution in [2.45, 2.75) is 49.9 Å². The summed E-state index contributed by atoms with van der Waals surface area (Å²) >= 11 is 6.03. The lowest BCUT2D eigenvalue weighted by Gasteiger charge is -2.19. The van der Waals surface area contributed by atoms with Crippen LogP contribution >= 0.6 is 11.6 Å². The molecule has 3 aromatic carbocycles. The predicted octanol–water partition coefficient (Wildman–Crippen LogP) is 5.30. The zero-order valence-electron chi connectivity index (χ0n) is 29.7. The molecule has 2 amide bonds. The summed E-state index contributed by atoms with van der Waals surface area (Å²) in [6.45, 7) is -1.73. The lowest BCUT2D eigenvalue weighted by atomic mass is 10.1. The fourth-order valence-corrected chi connectivity index (χ4v) is 5.57. The van der Waals surface area contributed by atoms with Crippen LogP contribution in [0.5, 0.6) is 11.8 Å². The van der Waals surface area contributed by atoms with Crippen LogP contribution in [0.1, 0.15) is 47.2 Å². The number of halogens is 4. The highest BCUT2D eigenvalue weighted by atomic mass is 35.5. The van der Waals surface area contributed by atoms with E-state index in [2.05, 4.69) is 36.2 Å². The largest absolute Gasteiger partial charge is 0.496 e. The number of aromatic nitrogens is 3. The number of ketones is 1. The molecule has 0 radical (unpaired) electrons. The van der Waals surface area contributed by atoms with Gasteiger partial charge in [0.25, 0.3) is 11.8 Å². The van der Waals surface area contributed by atoms with Crippen molar-refractivity contribution in [3.05, 3.63) is 94.5 Å². The molecule has 4 aromatic rings. The van der Waals surface area contributed by atoms with Crippen molar-refractivity contribution in [1.29, 1.82) is 0 Å². The zero-order chi connectivity index (χ0) is 39.6. The Morgan fingerprint density at radius 1 is 0.909 bits per heavy atom. The van der Waals surface area contributed by atoms with Gasteiger partial charge in [0, 0.05) is 29.2 Å². The van der Waals surface area contributed by atoms with E-state index in [9.17, 15) is 32.3 Å². The summed E-state index contributed by atoms with van der Waals surface area (Å²) in [5, 5.41) is 11.6. The number of anilines is 3. The highest BCUT2D eigenvalue weighted by Crippen LogP contribution is 2.48. The molecule has 55 heavy (non-hydrogen) atoms. The molecule has 1 heterocycles. The number of hydrogen-bond acceptors (Lipinski definition) is 12. The predicted molar refractivity (Wildman–Crippen MR) is 194 cm³/mol. The lowest BCUT2D eigenvalue weighted by Crippen LogP contribution is -2.44. The first-order valence-corrected chi connectivity index (χ1v) is 17.3. The number of nitrogens with zero attached hydrogens (tertiary/aromatic N) is 3. The summed E-state index contributed by atoms with van der Waals surface area (Å²) in [4.78, 5) is 62.7. The number of aryl methyl sites for hydroxylation is 1. The minimum atomic E-state index is -4.64. The van der Waals surface area contributed by atoms with Gasteiger partial charge in [-0.25, -0.2) is 4.79 Å². The molecule has 18 heteroatoms. The van der Waals surface area contributed by atoms with E-state index in [0.29, 0.717) is 35.7 Å². The van der Waals surface area contributed by atoms with Crippen LogP contribution in [0.25, 0.3) is 0 Å². The second-order valence-corrected chi connectivity index (χ2v) is 12.9. The Bertz CT molecular complexity index is 2000. The Labute approximate surface area is 318 Å². The maximum atomic E-state index is 13.1. The van der Waals surface area contributed by atoms with Crippen molar-refractivity contribution >= 4 is 52.8 Å². The van der Waals surface area contributed by atoms with Gasteiger partial charge < -0.3 is 35.5 Å². The first-order chi connectivity index (χ1) is 26.3. The number of methoxy groups -OCH3 is 2. The Morgan fingerprint density at radius 3 is 2.25 bits per heavy atom. The third kappa shape index (κ3) is 11.5. The summed E-state index contributed by atoms with van der Waals surface area (Å²) in [5.41, 5.74) is 1.61. The van der Waals surface area contributed by atoms with Crippen LogP contribution in [0.15, 0.2) is 72.8 Å². The Hall–Kier alpha value is -5.97. The van der Waals surface area contributed by atoms with Gasteiger partial charge >= 0.3 is 18.2 Å². The number of carbonyl (C=O) groups is 4. The third-order valence-corrected chi connectivity index (χ3v) is 8.71. The van der Waals surface area contributed by atoms with Crippen LogP contribution in [-0.2, 0) is 31.1 Å². The number of esters is 1. The molecular formula is C37H37ClF3N7O7. The Morgan fingerprint density at radius 2 is 1.60 bits per heavy atom. The average Bonchev–Trinajstić information content (AvgIpc) is 3.95. The van der Waals surface area contributed by atoms with Gasteiger partial charge in [-0.15, -0.1) is 0 Å².